The predicted octanol–water partition coefficient (Wildman–Crippen LogP) is 3.89. The predicted molar refractivity (Wildman–Crippen MR) is 119 cm³/mol. The van der Waals surface area contributed by atoms with Crippen LogP contribution in [0.4, 0.5) is 0 Å². The van der Waals surface area contributed by atoms with E-state index < -0.39 is 6.10 Å². The molecular formula is C25H28O4Se. The number of aliphatic hydroxyl groups excluding tert-OH is 2. The number of ether oxygens (including phenoxy) is 2. The second kappa shape index (κ2) is 9.50. The molecule has 0 radical (unpaired) electrons. The summed E-state index contributed by atoms with van der Waals surface area (Å²) in [5, 5.41) is 19.6. The van der Waals surface area contributed by atoms with E-state index in [1.807, 2.05) is 12.1 Å². The van der Waals surface area contributed by atoms with Crippen LogP contribution in [0.1, 0.15) is 40.1 Å². The second-order valence-corrected chi connectivity index (χ2v) is 10.4. The molecule has 30 heavy (non-hydrogen) atoms. The molecule has 2 heterocycles. The number of aryl methyl sites for hydroxylation is 1. The van der Waals surface area contributed by atoms with E-state index in [0.29, 0.717) is 27.3 Å². The first kappa shape index (κ1) is 21.4. The first-order valence-electron chi connectivity index (χ1n) is 10.3. The summed E-state index contributed by atoms with van der Waals surface area (Å²) in [5.41, 5.74) is 4.91. The molecule has 158 valence electrons. The average Bonchev–Trinajstić information content (AvgIpc) is 3.23. The fraction of sp³-hybridized carbons (Fsp3) is 0.360. The maximum atomic E-state index is 10.2. The van der Waals surface area contributed by atoms with Crippen molar-refractivity contribution < 1.29 is 19.7 Å². The summed E-state index contributed by atoms with van der Waals surface area (Å²) in [6.45, 7) is 2.09. The molecule has 1 aliphatic rings. The van der Waals surface area contributed by atoms with Crippen molar-refractivity contribution in [3.8, 4) is 15.8 Å². The van der Waals surface area contributed by atoms with Crippen LogP contribution in [0.5, 0.6) is 5.75 Å². The van der Waals surface area contributed by atoms with Crippen LogP contribution in [-0.2, 0) is 11.2 Å². The summed E-state index contributed by atoms with van der Waals surface area (Å²) in [7, 11) is 1.69. The van der Waals surface area contributed by atoms with Crippen molar-refractivity contribution in [2.75, 3.05) is 13.7 Å². The van der Waals surface area contributed by atoms with E-state index in [1.54, 1.807) is 7.11 Å². The molecule has 1 aromatic heterocycles. The molecule has 2 aromatic carbocycles. The number of hydrogen-bond donors (Lipinski definition) is 2. The van der Waals surface area contributed by atoms with Gasteiger partial charge in [0.1, 0.15) is 0 Å². The first-order chi connectivity index (χ1) is 14.6. The van der Waals surface area contributed by atoms with Crippen LogP contribution < -0.4 is 4.74 Å². The number of benzene rings is 2. The Kier molecular flexibility index (Phi) is 6.77. The van der Waals surface area contributed by atoms with Gasteiger partial charge in [-0.1, -0.05) is 0 Å². The third kappa shape index (κ3) is 4.88. The van der Waals surface area contributed by atoms with Crippen molar-refractivity contribution in [3.05, 3.63) is 75.7 Å². The van der Waals surface area contributed by atoms with Gasteiger partial charge < -0.3 is 0 Å². The molecule has 1 saturated heterocycles. The minimum atomic E-state index is -0.428. The molecule has 0 bridgehead atoms. The minimum absolute atomic E-state index is 0.0541. The molecule has 4 nitrogen and oxygen atoms in total. The molecule has 0 amide bonds. The van der Waals surface area contributed by atoms with E-state index >= 15 is 0 Å². The molecule has 1 fully saturated rings. The van der Waals surface area contributed by atoms with E-state index in [-0.39, 0.29) is 18.8 Å². The van der Waals surface area contributed by atoms with Gasteiger partial charge in [-0.25, -0.2) is 0 Å². The Morgan fingerprint density at radius 2 is 1.87 bits per heavy atom. The van der Waals surface area contributed by atoms with E-state index in [1.165, 1.54) is 25.6 Å². The molecule has 0 aliphatic carbocycles. The van der Waals surface area contributed by atoms with Crippen molar-refractivity contribution in [2.45, 2.75) is 44.5 Å². The molecule has 3 aromatic rings. The summed E-state index contributed by atoms with van der Waals surface area (Å²) < 4.78 is 14.1. The van der Waals surface area contributed by atoms with Gasteiger partial charge in [0.15, 0.2) is 0 Å². The molecule has 0 spiro atoms. The van der Waals surface area contributed by atoms with Gasteiger partial charge in [-0.15, -0.1) is 0 Å². The van der Waals surface area contributed by atoms with Gasteiger partial charge in [0.05, 0.1) is 0 Å². The van der Waals surface area contributed by atoms with Gasteiger partial charge in [0, 0.05) is 0 Å². The van der Waals surface area contributed by atoms with Gasteiger partial charge in [0.25, 0.3) is 0 Å². The summed E-state index contributed by atoms with van der Waals surface area (Å²) in [6, 6.07) is 19.2. The maximum absolute atomic E-state index is 10.2. The van der Waals surface area contributed by atoms with Crippen LogP contribution in [0.3, 0.4) is 0 Å². The Hall–Kier alpha value is -1.88. The molecule has 2 N–H and O–H groups in total. The van der Waals surface area contributed by atoms with Gasteiger partial charge in [0.2, 0.25) is 0 Å². The van der Waals surface area contributed by atoms with Crippen molar-refractivity contribution in [3.63, 3.8) is 0 Å². The van der Waals surface area contributed by atoms with E-state index in [0.717, 1.165) is 17.7 Å². The van der Waals surface area contributed by atoms with Crippen LogP contribution >= 0.6 is 0 Å². The second-order valence-electron chi connectivity index (χ2n) is 7.91. The molecule has 5 heteroatoms. The zero-order chi connectivity index (χ0) is 21.1. The summed E-state index contributed by atoms with van der Waals surface area (Å²) in [4.78, 5) is 0. The molecule has 4 rings (SSSR count). The van der Waals surface area contributed by atoms with E-state index in [9.17, 15) is 10.2 Å². The first-order valence-corrected chi connectivity index (χ1v) is 12.0. The molecule has 3 unspecified atom stereocenters. The van der Waals surface area contributed by atoms with Crippen LogP contribution in [0.2, 0.25) is 0 Å². The summed E-state index contributed by atoms with van der Waals surface area (Å²) in [5.74, 6) is 0.879. The van der Waals surface area contributed by atoms with Crippen molar-refractivity contribution >= 4 is 14.5 Å². The number of hydrogen-bond acceptors (Lipinski definition) is 4. The Balaban J connectivity index is 1.52. The van der Waals surface area contributed by atoms with Crippen LogP contribution in [-0.4, -0.2) is 50.6 Å². The topological polar surface area (TPSA) is 58.9 Å². The van der Waals surface area contributed by atoms with Crippen LogP contribution in [0.15, 0.2) is 54.6 Å². The SMILES string of the molecule is COc1ccc(-c2ccc(Cc3cc(C4CC(O)CC(CO)O4)ccc3C)[se]2)cc1. The molecule has 3 atom stereocenters. The Morgan fingerprint density at radius 3 is 2.60 bits per heavy atom. The van der Waals surface area contributed by atoms with Gasteiger partial charge in [-0.3, -0.25) is 0 Å². The number of aliphatic hydroxyl groups is 2. The summed E-state index contributed by atoms with van der Waals surface area (Å²) in [6.07, 6.45) is 1.12. The van der Waals surface area contributed by atoms with Gasteiger partial charge >= 0.3 is 184 Å². The van der Waals surface area contributed by atoms with Crippen molar-refractivity contribution in [1.82, 2.24) is 0 Å². The third-order valence-electron chi connectivity index (χ3n) is 5.73. The Labute approximate surface area is 183 Å². The normalized spacial score (nSPS) is 21.5. The number of rotatable bonds is 6. The van der Waals surface area contributed by atoms with E-state index in [4.69, 9.17) is 9.47 Å². The third-order valence-corrected chi connectivity index (χ3v) is 8.11. The zero-order valence-corrected chi connectivity index (χ0v) is 19.1. The molecule has 0 saturated carbocycles. The zero-order valence-electron chi connectivity index (χ0n) is 17.4. The quantitative estimate of drug-likeness (QED) is 0.536. The Morgan fingerprint density at radius 1 is 1.07 bits per heavy atom. The fourth-order valence-corrected chi connectivity index (χ4v) is 6.15. The fourth-order valence-electron chi connectivity index (χ4n) is 3.98. The van der Waals surface area contributed by atoms with Gasteiger partial charge in [-0.05, 0) is 0 Å². The van der Waals surface area contributed by atoms with Crippen LogP contribution in [0.25, 0.3) is 10.0 Å². The monoisotopic (exact) mass is 472 g/mol. The standard InChI is InChI=1S/C25H28O4Se/c1-16-3-4-18(24-14-20(27)13-22(15-26)29-24)11-19(16)12-23-9-10-25(30-23)17-5-7-21(28-2)8-6-17/h3-11,20,22,24,26-27H,12-15H2,1-2H3. The van der Waals surface area contributed by atoms with Crippen LogP contribution in [0, 0.1) is 6.92 Å². The van der Waals surface area contributed by atoms with E-state index in [2.05, 4.69) is 49.4 Å². The van der Waals surface area contributed by atoms with Gasteiger partial charge in [-0.2, -0.15) is 0 Å². The number of methoxy groups -OCH3 is 1. The average molecular weight is 471 g/mol. The Bertz CT molecular complexity index is 979. The van der Waals surface area contributed by atoms with Crippen molar-refractivity contribution in [1.29, 1.82) is 0 Å². The summed E-state index contributed by atoms with van der Waals surface area (Å²) >= 11 is 0.302. The van der Waals surface area contributed by atoms with Crippen molar-refractivity contribution in [2.24, 2.45) is 0 Å². The molecular weight excluding hydrogens is 443 g/mol. The molecule has 1 aliphatic heterocycles.